The van der Waals surface area contributed by atoms with Crippen LogP contribution in [0.2, 0.25) is 0 Å². The summed E-state index contributed by atoms with van der Waals surface area (Å²) in [5.74, 6) is 2.12. The summed E-state index contributed by atoms with van der Waals surface area (Å²) in [5.41, 5.74) is 2.33. The predicted molar refractivity (Wildman–Crippen MR) is 114 cm³/mol. The van der Waals surface area contributed by atoms with Crippen molar-refractivity contribution in [2.45, 2.75) is 64.8 Å². The second-order valence-corrected chi connectivity index (χ2v) is 8.22. The second-order valence-electron chi connectivity index (χ2n) is 8.22. The molecule has 4 rings (SSSR count). The van der Waals surface area contributed by atoms with E-state index in [1.165, 1.54) is 4.80 Å². The van der Waals surface area contributed by atoms with E-state index in [-0.39, 0.29) is 17.9 Å². The van der Waals surface area contributed by atoms with Gasteiger partial charge in [0.2, 0.25) is 0 Å². The lowest BCUT2D eigenvalue weighted by Gasteiger charge is -2.37. The minimum absolute atomic E-state index is 0.00877. The van der Waals surface area contributed by atoms with Gasteiger partial charge in [-0.05, 0) is 45.2 Å². The number of likely N-dealkylation sites (tertiary alicyclic amines) is 1. The minimum Gasteiger partial charge on any atom is -0.445 e. The molecule has 7 heteroatoms. The lowest BCUT2D eigenvalue weighted by molar-refractivity contribution is 0.0596. The number of hydrogen-bond acceptors (Lipinski definition) is 5. The lowest BCUT2D eigenvalue weighted by atomic mass is 9.92. The fraction of sp³-hybridized carbons (Fsp3) is 0.478. The van der Waals surface area contributed by atoms with Gasteiger partial charge in [-0.3, -0.25) is 4.79 Å². The number of oxazole rings is 1. The standard InChI is InChI=1S/C23H29N5O2/c1-5-15(2)21-17(4)30-22(26-21)18-11-10-16(3)27(14-18)23(29)19-8-6-7-9-20(19)28-24-12-13-25-28/h6-9,12-13,15-16,18H,5,10-11,14H2,1-4H3/t15?,16-,18?/m1/s1. The van der Waals surface area contributed by atoms with Crippen LogP contribution in [0.1, 0.15) is 79.6 Å². The highest BCUT2D eigenvalue weighted by Crippen LogP contribution is 2.33. The van der Waals surface area contributed by atoms with Crippen LogP contribution >= 0.6 is 0 Å². The Kier molecular flexibility index (Phi) is 5.70. The van der Waals surface area contributed by atoms with Crippen molar-refractivity contribution >= 4 is 5.91 Å². The molecule has 1 aromatic carbocycles. The zero-order valence-electron chi connectivity index (χ0n) is 18.1. The van der Waals surface area contributed by atoms with Crippen LogP contribution in [0.5, 0.6) is 0 Å². The van der Waals surface area contributed by atoms with Crippen molar-refractivity contribution in [1.29, 1.82) is 0 Å². The Hall–Kier alpha value is -2.96. The number of amides is 1. The summed E-state index contributed by atoms with van der Waals surface area (Å²) < 4.78 is 6.06. The molecule has 1 fully saturated rings. The second kappa shape index (κ2) is 8.42. The summed E-state index contributed by atoms with van der Waals surface area (Å²) in [4.78, 5) is 21.8. The average molecular weight is 408 g/mol. The number of nitrogens with zero attached hydrogens (tertiary/aromatic N) is 5. The van der Waals surface area contributed by atoms with Crippen molar-refractivity contribution in [3.05, 3.63) is 59.6 Å². The fourth-order valence-corrected chi connectivity index (χ4v) is 4.17. The number of piperidine rings is 1. The molecule has 7 nitrogen and oxygen atoms in total. The van der Waals surface area contributed by atoms with Gasteiger partial charge in [-0.25, -0.2) is 4.98 Å². The lowest BCUT2D eigenvalue weighted by Crippen LogP contribution is -2.45. The van der Waals surface area contributed by atoms with E-state index in [0.29, 0.717) is 23.7 Å². The van der Waals surface area contributed by atoms with Crippen molar-refractivity contribution in [2.24, 2.45) is 0 Å². The van der Waals surface area contributed by atoms with Crippen molar-refractivity contribution in [3.63, 3.8) is 0 Å². The van der Waals surface area contributed by atoms with Crippen LogP contribution in [0.3, 0.4) is 0 Å². The third kappa shape index (κ3) is 3.76. The van der Waals surface area contributed by atoms with E-state index < -0.39 is 0 Å². The first-order chi connectivity index (χ1) is 14.5. The topological polar surface area (TPSA) is 77.1 Å². The first-order valence-corrected chi connectivity index (χ1v) is 10.7. The molecule has 2 unspecified atom stereocenters. The number of carbonyl (C=O) groups excluding carboxylic acids is 1. The Morgan fingerprint density at radius 2 is 1.97 bits per heavy atom. The fourth-order valence-electron chi connectivity index (χ4n) is 4.17. The van der Waals surface area contributed by atoms with Gasteiger partial charge in [0.15, 0.2) is 5.89 Å². The number of benzene rings is 1. The van der Waals surface area contributed by atoms with Crippen molar-refractivity contribution in [1.82, 2.24) is 24.9 Å². The highest BCUT2D eigenvalue weighted by molar-refractivity contribution is 5.98. The zero-order valence-corrected chi connectivity index (χ0v) is 18.1. The van der Waals surface area contributed by atoms with E-state index in [1.807, 2.05) is 36.1 Å². The molecule has 3 atom stereocenters. The molecule has 1 aliphatic heterocycles. The largest absolute Gasteiger partial charge is 0.445 e. The van der Waals surface area contributed by atoms with Crippen LogP contribution in [-0.4, -0.2) is 43.4 Å². The van der Waals surface area contributed by atoms with E-state index in [9.17, 15) is 4.79 Å². The highest BCUT2D eigenvalue weighted by atomic mass is 16.4. The van der Waals surface area contributed by atoms with Gasteiger partial charge in [-0.15, -0.1) is 0 Å². The first-order valence-electron chi connectivity index (χ1n) is 10.7. The Labute approximate surface area is 177 Å². The van der Waals surface area contributed by atoms with Crippen LogP contribution in [0, 0.1) is 6.92 Å². The van der Waals surface area contributed by atoms with Gasteiger partial charge in [0.1, 0.15) is 5.76 Å². The molecule has 0 bridgehead atoms. The highest BCUT2D eigenvalue weighted by Gasteiger charge is 2.34. The molecule has 0 radical (unpaired) electrons. The van der Waals surface area contributed by atoms with Crippen molar-refractivity contribution in [3.8, 4) is 5.69 Å². The average Bonchev–Trinajstić information content (AvgIpc) is 3.43. The number of aromatic nitrogens is 4. The van der Waals surface area contributed by atoms with E-state index in [2.05, 4.69) is 31.0 Å². The Bertz CT molecular complexity index is 1010. The molecule has 2 aromatic heterocycles. The summed E-state index contributed by atoms with van der Waals surface area (Å²) in [6, 6.07) is 7.63. The number of para-hydroxylation sites is 1. The maximum absolute atomic E-state index is 13.5. The molecule has 3 heterocycles. The molecule has 0 spiro atoms. The third-order valence-corrected chi connectivity index (χ3v) is 6.19. The molecule has 30 heavy (non-hydrogen) atoms. The van der Waals surface area contributed by atoms with Gasteiger partial charge in [-0.2, -0.15) is 15.0 Å². The van der Waals surface area contributed by atoms with E-state index in [1.54, 1.807) is 12.4 Å². The summed E-state index contributed by atoms with van der Waals surface area (Å²) in [6.07, 6.45) is 6.13. The molecule has 0 aliphatic carbocycles. The van der Waals surface area contributed by atoms with Crippen LogP contribution in [-0.2, 0) is 0 Å². The number of aryl methyl sites for hydroxylation is 1. The van der Waals surface area contributed by atoms with Crippen molar-refractivity contribution < 1.29 is 9.21 Å². The quantitative estimate of drug-likeness (QED) is 0.623. The smallest absolute Gasteiger partial charge is 0.256 e. The Balaban J connectivity index is 1.60. The number of hydrogen-bond donors (Lipinski definition) is 0. The van der Waals surface area contributed by atoms with Crippen LogP contribution < -0.4 is 0 Å². The third-order valence-electron chi connectivity index (χ3n) is 6.19. The summed E-state index contributed by atoms with van der Waals surface area (Å²) in [6.45, 7) is 9.02. The minimum atomic E-state index is -0.00877. The van der Waals surface area contributed by atoms with Gasteiger partial charge in [-0.1, -0.05) is 26.0 Å². The summed E-state index contributed by atoms with van der Waals surface area (Å²) in [7, 11) is 0. The van der Waals surface area contributed by atoms with Gasteiger partial charge >= 0.3 is 0 Å². The first kappa shape index (κ1) is 20.3. The van der Waals surface area contributed by atoms with Crippen LogP contribution in [0.15, 0.2) is 41.1 Å². The van der Waals surface area contributed by atoms with Gasteiger partial charge in [0.25, 0.3) is 5.91 Å². The number of rotatable bonds is 5. The van der Waals surface area contributed by atoms with E-state index in [0.717, 1.165) is 36.6 Å². The molecular weight excluding hydrogens is 378 g/mol. The van der Waals surface area contributed by atoms with Gasteiger partial charge in [0, 0.05) is 18.5 Å². The van der Waals surface area contributed by atoms with Gasteiger partial charge in [0.05, 0.1) is 35.3 Å². The van der Waals surface area contributed by atoms with Gasteiger partial charge < -0.3 is 9.32 Å². The maximum atomic E-state index is 13.5. The van der Waals surface area contributed by atoms with Crippen LogP contribution in [0.25, 0.3) is 5.69 Å². The monoisotopic (exact) mass is 407 g/mol. The number of carbonyl (C=O) groups is 1. The maximum Gasteiger partial charge on any atom is 0.256 e. The Morgan fingerprint density at radius 1 is 1.23 bits per heavy atom. The zero-order chi connectivity index (χ0) is 21.3. The molecule has 3 aromatic rings. The van der Waals surface area contributed by atoms with Crippen molar-refractivity contribution in [2.75, 3.05) is 6.54 Å². The normalized spacial score (nSPS) is 20.3. The summed E-state index contributed by atoms with van der Waals surface area (Å²) >= 11 is 0. The van der Waals surface area contributed by atoms with E-state index in [4.69, 9.17) is 9.40 Å². The predicted octanol–water partition coefficient (Wildman–Crippen LogP) is 4.49. The molecular formula is C23H29N5O2. The molecule has 1 amide bonds. The molecule has 1 aliphatic rings. The molecule has 158 valence electrons. The summed E-state index contributed by atoms with van der Waals surface area (Å²) in [5, 5.41) is 8.41. The Morgan fingerprint density at radius 3 is 2.70 bits per heavy atom. The molecule has 1 saturated heterocycles. The molecule has 0 saturated carbocycles. The van der Waals surface area contributed by atoms with E-state index >= 15 is 0 Å². The van der Waals surface area contributed by atoms with Crippen LogP contribution in [0.4, 0.5) is 0 Å². The SMILES string of the molecule is CCC(C)c1nc(C2CC[C@@H](C)N(C(=O)c3ccccc3-n3nccn3)C2)oc1C. The molecule has 0 N–H and O–H groups in total.